The number of amides is 1. The Balaban J connectivity index is 1.81. The number of ether oxygens (including phenoxy) is 1. The zero-order valence-electron chi connectivity index (χ0n) is 18.9. The van der Waals surface area contributed by atoms with E-state index in [2.05, 4.69) is 39.2 Å². The molecule has 0 radical (unpaired) electrons. The summed E-state index contributed by atoms with van der Waals surface area (Å²) >= 11 is 1.75. The number of aromatic nitrogens is 1. The molecule has 0 saturated carbocycles. The van der Waals surface area contributed by atoms with Crippen LogP contribution >= 0.6 is 11.3 Å². The first-order chi connectivity index (χ1) is 12.8. The first-order valence-electron chi connectivity index (χ1n) is 10.3. The number of carbonyl (C=O) groups is 1. The third-order valence-corrected chi connectivity index (χ3v) is 11.3. The molecule has 1 fully saturated rings. The van der Waals surface area contributed by atoms with Crippen LogP contribution in [0.25, 0.3) is 0 Å². The maximum absolute atomic E-state index is 12.2. The molecule has 0 aliphatic carbocycles. The molecule has 1 aliphatic rings. The SMILES string of the molecule is CC(C)(C)OC(=O)N1CCC(c2nc(CCO[Si](C)(C)C(C)(C)C)cs2)CC1. The summed E-state index contributed by atoms with van der Waals surface area (Å²) in [5.41, 5.74) is 0.693. The van der Waals surface area contributed by atoms with Crippen LogP contribution in [0.3, 0.4) is 0 Å². The van der Waals surface area contributed by atoms with Crippen LogP contribution in [0.15, 0.2) is 5.38 Å². The molecule has 1 aromatic heterocycles. The molecule has 2 heterocycles. The van der Waals surface area contributed by atoms with Gasteiger partial charge in [-0.05, 0) is 51.7 Å². The van der Waals surface area contributed by atoms with Crippen molar-refractivity contribution in [2.45, 2.75) is 90.5 Å². The third kappa shape index (κ3) is 6.56. The summed E-state index contributed by atoms with van der Waals surface area (Å²) in [6, 6.07) is 0. The van der Waals surface area contributed by atoms with Gasteiger partial charge in [-0.15, -0.1) is 11.3 Å². The lowest BCUT2D eigenvalue weighted by Gasteiger charge is -2.36. The second kappa shape index (κ2) is 8.84. The van der Waals surface area contributed by atoms with Gasteiger partial charge in [0.25, 0.3) is 0 Å². The lowest BCUT2D eigenvalue weighted by atomic mass is 9.98. The highest BCUT2D eigenvalue weighted by molar-refractivity contribution is 7.09. The molecule has 1 aromatic rings. The van der Waals surface area contributed by atoms with Gasteiger partial charge in [-0.2, -0.15) is 0 Å². The second-order valence-electron chi connectivity index (χ2n) is 10.3. The van der Waals surface area contributed by atoms with Crippen LogP contribution in [0.1, 0.15) is 71.0 Å². The maximum atomic E-state index is 12.2. The number of hydrogen-bond donors (Lipinski definition) is 0. The van der Waals surface area contributed by atoms with E-state index in [1.807, 2.05) is 25.7 Å². The smallest absolute Gasteiger partial charge is 0.410 e. The van der Waals surface area contributed by atoms with Crippen LogP contribution in [0.4, 0.5) is 4.79 Å². The van der Waals surface area contributed by atoms with Crippen LogP contribution in [0.2, 0.25) is 18.1 Å². The quantitative estimate of drug-likeness (QED) is 0.557. The van der Waals surface area contributed by atoms with Crippen molar-refractivity contribution in [3.8, 4) is 0 Å². The molecule has 5 nitrogen and oxygen atoms in total. The highest BCUT2D eigenvalue weighted by atomic mass is 32.1. The van der Waals surface area contributed by atoms with Crippen molar-refractivity contribution in [3.05, 3.63) is 16.1 Å². The van der Waals surface area contributed by atoms with Crippen molar-refractivity contribution in [3.63, 3.8) is 0 Å². The molecule has 2 rings (SSSR count). The molecule has 1 saturated heterocycles. The van der Waals surface area contributed by atoms with Gasteiger partial charge >= 0.3 is 6.09 Å². The highest BCUT2D eigenvalue weighted by Crippen LogP contribution is 2.36. The van der Waals surface area contributed by atoms with E-state index in [0.29, 0.717) is 5.92 Å². The standard InChI is InChI=1S/C21H38N2O3SSi/c1-20(2,3)26-19(24)23-12-9-16(10-13-23)18-22-17(15-27-18)11-14-25-28(7,8)21(4,5)6/h15-16H,9-14H2,1-8H3. The molecule has 0 spiro atoms. The van der Waals surface area contributed by atoms with Crippen LogP contribution in [0.5, 0.6) is 0 Å². The van der Waals surface area contributed by atoms with Gasteiger partial charge in [-0.25, -0.2) is 9.78 Å². The summed E-state index contributed by atoms with van der Waals surface area (Å²) in [5, 5.41) is 3.61. The van der Waals surface area contributed by atoms with E-state index in [1.54, 1.807) is 11.3 Å². The summed E-state index contributed by atoms with van der Waals surface area (Å²) in [7, 11) is -1.69. The monoisotopic (exact) mass is 426 g/mol. The van der Waals surface area contributed by atoms with E-state index in [0.717, 1.165) is 44.7 Å². The molecule has 0 aromatic carbocycles. The van der Waals surface area contributed by atoms with Crippen LogP contribution in [-0.4, -0.2) is 49.6 Å². The van der Waals surface area contributed by atoms with Gasteiger partial charge in [0.1, 0.15) is 5.60 Å². The fraction of sp³-hybridized carbons (Fsp3) is 0.810. The van der Waals surface area contributed by atoms with E-state index in [1.165, 1.54) is 5.01 Å². The summed E-state index contributed by atoms with van der Waals surface area (Å²) < 4.78 is 11.8. The number of hydrogen-bond acceptors (Lipinski definition) is 5. The summed E-state index contributed by atoms with van der Waals surface area (Å²) in [6.07, 6.45) is 2.58. The zero-order valence-corrected chi connectivity index (χ0v) is 20.7. The Hall–Kier alpha value is -0.923. The molecule has 1 amide bonds. The first-order valence-corrected chi connectivity index (χ1v) is 14.1. The van der Waals surface area contributed by atoms with Gasteiger partial charge in [0.05, 0.1) is 10.7 Å². The molecule has 0 atom stereocenters. The Morgan fingerprint density at radius 2 is 1.82 bits per heavy atom. The summed E-state index contributed by atoms with van der Waals surface area (Å²) in [6.45, 7) is 19.3. The highest BCUT2D eigenvalue weighted by Gasteiger charge is 2.37. The second-order valence-corrected chi connectivity index (χ2v) is 16.0. The van der Waals surface area contributed by atoms with E-state index < -0.39 is 13.9 Å². The fourth-order valence-electron chi connectivity index (χ4n) is 2.89. The largest absolute Gasteiger partial charge is 0.444 e. The topological polar surface area (TPSA) is 51.7 Å². The van der Waals surface area contributed by atoms with Gasteiger partial charge in [0.2, 0.25) is 0 Å². The lowest BCUT2D eigenvalue weighted by molar-refractivity contribution is 0.0204. The molecule has 160 valence electrons. The minimum Gasteiger partial charge on any atom is -0.444 e. The zero-order chi connectivity index (χ0) is 21.2. The van der Waals surface area contributed by atoms with Gasteiger partial charge in [0.15, 0.2) is 8.32 Å². The van der Waals surface area contributed by atoms with Gasteiger partial charge in [-0.1, -0.05) is 20.8 Å². The minimum atomic E-state index is -1.69. The van der Waals surface area contributed by atoms with E-state index in [-0.39, 0.29) is 11.1 Å². The Morgan fingerprint density at radius 1 is 1.21 bits per heavy atom. The van der Waals surface area contributed by atoms with Crippen molar-refractivity contribution in [1.29, 1.82) is 0 Å². The molecular weight excluding hydrogens is 388 g/mol. The number of nitrogens with zero attached hydrogens (tertiary/aromatic N) is 2. The Labute approximate surface area is 176 Å². The van der Waals surface area contributed by atoms with E-state index in [9.17, 15) is 4.79 Å². The number of thiazole rings is 1. The number of likely N-dealkylation sites (tertiary alicyclic amines) is 1. The van der Waals surface area contributed by atoms with E-state index >= 15 is 0 Å². The third-order valence-electron chi connectivity index (χ3n) is 5.69. The fourth-order valence-corrected chi connectivity index (χ4v) is 4.96. The van der Waals surface area contributed by atoms with E-state index in [4.69, 9.17) is 14.1 Å². The van der Waals surface area contributed by atoms with Crippen molar-refractivity contribution < 1.29 is 14.0 Å². The number of carbonyl (C=O) groups excluding carboxylic acids is 1. The lowest BCUT2D eigenvalue weighted by Crippen LogP contribution is -2.41. The average molecular weight is 427 g/mol. The predicted molar refractivity (Wildman–Crippen MR) is 119 cm³/mol. The van der Waals surface area contributed by atoms with Crippen molar-refractivity contribution in [2.75, 3.05) is 19.7 Å². The summed E-state index contributed by atoms with van der Waals surface area (Å²) in [5.74, 6) is 0.443. The Bertz CT molecular complexity index is 653. The molecule has 28 heavy (non-hydrogen) atoms. The summed E-state index contributed by atoms with van der Waals surface area (Å²) in [4.78, 5) is 18.9. The number of piperidine rings is 1. The van der Waals surface area contributed by atoms with Gasteiger partial charge < -0.3 is 14.1 Å². The van der Waals surface area contributed by atoms with Crippen molar-refractivity contribution in [2.24, 2.45) is 0 Å². The minimum absolute atomic E-state index is 0.200. The molecule has 7 heteroatoms. The molecule has 0 unspecified atom stereocenters. The van der Waals surface area contributed by atoms with Gasteiger partial charge in [0, 0.05) is 37.4 Å². The molecule has 0 bridgehead atoms. The average Bonchev–Trinajstić information content (AvgIpc) is 3.01. The molecule has 0 N–H and O–H groups in total. The maximum Gasteiger partial charge on any atom is 0.410 e. The Kier molecular flexibility index (Phi) is 7.37. The van der Waals surface area contributed by atoms with Crippen LogP contribution < -0.4 is 0 Å². The first kappa shape index (κ1) is 23.4. The molecular formula is C21H38N2O3SSi. The van der Waals surface area contributed by atoms with Crippen LogP contribution in [-0.2, 0) is 15.6 Å². The normalized spacial score (nSPS) is 17.1. The predicted octanol–water partition coefficient (Wildman–Crippen LogP) is 5.82. The number of rotatable bonds is 5. The van der Waals surface area contributed by atoms with Gasteiger partial charge in [-0.3, -0.25) is 0 Å². The molecule has 1 aliphatic heterocycles. The van der Waals surface area contributed by atoms with Crippen molar-refractivity contribution in [1.82, 2.24) is 9.88 Å². The Morgan fingerprint density at radius 3 is 2.36 bits per heavy atom. The van der Waals surface area contributed by atoms with Crippen LogP contribution in [0, 0.1) is 0 Å². The van der Waals surface area contributed by atoms with Crippen molar-refractivity contribution >= 4 is 25.7 Å².